The second-order valence-electron chi connectivity index (χ2n) is 5.91. The molecule has 0 saturated heterocycles. The van der Waals surface area contributed by atoms with Gasteiger partial charge in [-0.1, -0.05) is 18.2 Å². The number of nitrogens with zero attached hydrogens (tertiary/aromatic N) is 3. The SMILES string of the molecule is CCNC(=NCc1ccccc1OC(F)(F)F)NCCCn1cc(C)cn1.I. The van der Waals surface area contributed by atoms with Crippen molar-refractivity contribution in [2.45, 2.75) is 39.7 Å². The van der Waals surface area contributed by atoms with Gasteiger partial charge in [-0.2, -0.15) is 5.10 Å². The van der Waals surface area contributed by atoms with Gasteiger partial charge in [0.15, 0.2) is 5.96 Å². The highest BCUT2D eigenvalue weighted by Crippen LogP contribution is 2.26. The molecule has 1 aromatic heterocycles. The van der Waals surface area contributed by atoms with E-state index in [0.29, 0.717) is 24.6 Å². The highest BCUT2D eigenvalue weighted by molar-refractivity contribution is 14.0. The van der Waals surface area contributed by atoms with E-state index in [9.17, 15) is 13.2 Å². The zero-order chi connectivity index (χ0) is 19.7. The van der Waals surface area contributed by atoms with Gasteiger partial charge in [0.25, 0.3) is 0 Å². The first-order valence-electron chi connectivity index (χ1n) is 8.72. The van der Waals surface area contributed by atoms with Crippen molar-refractivity contribution in [3.63, 3.8) is 0 Å². The first-order chi connectivity index (χ1) is 12.9. The van der Waals surface area contributed by atoms with Gasteiger partial charge in [0.1, 0.15) is 5.75 Å². The lowest BCUT2D eigenvalue weighted by Crippen LogP contribution is -2.38. The van der Waals surface area contributed by atoms with Crippen LogP contribution in [-0.2, 0) is 13.1 Å². The summed E-state index contributed by atoms with van der Waals surface area (Å²) in [4.78, 5) is 4.35. The molecule has 28 heavy (non-hydrogen) atoms. The summed E-state index contributed by atoms with van der Waals surface area (Å²) in [6.45, 7) is 6.04. The van der Waals surface area contributed by atoms with Crippen LogP contribution in [0.4, 0.5) is 13.2 Å². The van der Waals surface area contributed by atoms with Crippen molar-refractivity contribution in [2.24, 2.45) is 4.99 Å². The number of alkyl halides is 3. The molecule has 156 valence electrons. The Morgan fingerprint density at radius 1 is 1.25 bits per heavy atom. The number of hydrogen-bond donors (Lipinski definition) is 2. The van der Waals surface area contributed by atoms with E-state index in [0.717, 1.165) is 18.5 Å². The Morgan fingerprint density at radius 3 is 2.64 bits per heavy atom. The first-order valence-corrected chi connectivity index (χ1v) is 8.72. The predicted octanol–water partition coefficient (Wildman–Crippen LogP) is 3.85. The predicted molar refractivity (Wildman–Crippen MR) is 113 cm³/mol. The monoisotopic (exact) mass is 511 g/mol. The molecule has 10 heteroatoms. The number of nitrogens with one attached hydrogen (secondary N) is 2. The maximum absolute atomic E-state index is 12.5. The van der Waals surface area contributed by atoms with Crippen molar-refractivity contribution >= 4 is 29.9 Å². The number of rotatable bonds is 8. The molecule has 0 radical (unpaired) electrons. The van der Waals surface area contributed by atoms with Crippen molar-refractivity contribution in [2.75, 3.05) is 13.1 Å². The molecule has 0 saturated carbocycles. The summed E-state index contributed by atoms with van der Waals surface area (Å²) in [6, 6.07) is 5.99. The molecule has 1 aromatic carbocycles. The van der Waals surface area contributed by atoms with Gasteiger partial charge in [-0.15, -0.1) is 37.1 Å². The fourth-order valence-corrected chi connectivity index (χ4v) is 2.40. The topological polar surface area (TPSA) is 63.5 Å². The summed E-state index contributed by atoms with van der Waals surface area (Å²) >= 11 is 0. The highest BCUT2D eigenvalue weighted by Gasteiger charge is 2.31. The number of benzene rings is 1. The van der Waals surface area contributed by atoms with Crippen LogP contribution in [0.5, 0.6) is 5.75 Å². The van der Waals surface area contributed by atoms with Gasteiger partial charge in [0.05, 0.1) is 12.7 Å². The van der Waals surface area contributed by atoms with Crippen LogP contribution in [0.25, 0.3) is 0 Å². The van der Waals surface area contributed by atoms with Crippen molar-refractivity contribution < 1.29 is 17.9 Å². The van der Waals surface area contributed by atoms with Crippen molar-refractivity contribution in [1.29, 1.82) is 0 Å². The van der Waals surface area contributed by atoms with Crippen molar-refractivity contribution in [3.05, 3.63) is 47.8 Å². The smallest absolute Gasteiger partial charge is 0.405 e. The third kappa shape index (κ3) is 8.81. The summed E-state index contributed by atoms with van der Waals surface area (Å²) in [5.41, 5.74) is 1.47. The number of ether oxygens (including phenoxy) is 1. The fraction of sp³-hybridized carbons (Fsp3) is 0.444. The lowest BCUT2D eigenvalue weighted by molar-refractivity contribution is -0.274. The van der Waals surface area contributed by atoms with E-state index >= 15 is 0 Å². The Kier molecular flexibility index (Phi) is 10.1. The summed E-state index contributed by atoms with van der Waals surface area (Å²) in [7, 11) is 0. The number of hydrogen-bond acceptors (Lipinski definition) is 3. The van der Waals surface area contributed by atoms with Gasteiger partial charge in [-0.25, -0.2) is 4.99 Å². The van der Waals surface area contributed by atoms with Crippen LogP contribution in [-0.4, -0.2) is 35.2 Å². The standard InChI is InChI=1S/C18H24F3N5O.HI/c1-3-22-17(23-9-6-10-26-13-14(2)11-25-26)24-12-15-7-4-5-8-16(15)27-18(19,20)21;/h4-5,7-8,11,13H,3,6,9-10,12H2,1-2H3,(H2,22,23,24);1H. The van der Waals surface area contributed by atoms with E-state index < -0.39 is 6.36 Å². The Labute approximate surface area is 179 Å². The van der Waals surface area contributed by atoms with E-state index in [1.807, 2.05) is 24.7 Å². The summed E-state index contributed by atoms with van der Waals surface area (Å²) < 4.78 is 43.4. The second-order valence-corrected chi connectivity index (χ2v) is 5.91. The van der Waals surface area contributed by atoms with Gasteiger partial charge in [0.2, 0.25) is 0 Å². The molecule has 0 bridgehead atoms. The van der Waals surface area contributed by atoms with Crippen LogP contribution in [0.1, 0.15) is 24.5 Å². The Hall–Kier alpha value is -1.98. The van der Waals surface area contributed by atoms with E-state index in [4.69, 9.17) is 0 Å². The van der Waals surface area contributed by atoms with E-state index in [-0.39, 0.29) is 36.3 Å². The Bertz CT molecular complexity index is 749. The molecule has 0 aliphatic carbocycles. The van der Waals surface area contributed by atoms with Gasteiger partial charge in [-0.05, 0) is 31.9 Å². The quantitative estimate of drug-likeness (QED) is 0.245. The number of guanidine groups is 1. The van der Waals surface area contributed by atoms with Crippen molar-refractivity contribution in [1.82, 2.24) is 20.4 Å². The maximum atomic E-state index is 12.5. The molecule has 0 spiro atoms. The largest absolute Gasteiger partial charge is 0.573 e. The van der Waals surface area contributed by atoms with Gasteiger partial charge >= 0.3 is 6.36 Å². The summed E-state index contributed by atoms with van der Waals surface area (Å²) in [6.07, 6.45) is -0.122. The molecule has 0 fully saturated rings. The van der Waals surface area contributed by atoms with Gasteiger partial charge in [-0.3, -0.25) is 4.68 Å². The molecule has 1 heterocycles. The highest BCUT2D eigenvalue weighted by atomic mass is 127. The molecule has 0 aliphatic heterocycles. The molecule has 0 amide bonds. The van der Waals surface area contributed by atoms with Crippen molar-refractivity contribution in [3.8, 4) is 5.75 Å². The Balaban J connectivity index is 0.00000392. The molecule has 0 atom stereocenters. The van der Waals surface area contributed by atoms with Gasteiger partial charge < -0.3 is 15.4 Å². The number of para-hydroxylation sites is 1. The minimum absolute atomic E-state index is 0. The average molecular weight is 511 g/mol. The van der Waals surface area contributed by atoms with E-state index in [1.54, 1.807) is 18.3 Å². The zero-order valence-electron chi connectivity index (χ0n) is 15.8. The van der Waals surface area contributed by atoms with Crippen LogP contribution >= 0.6 is 24.0 Å². The number of aryl methyl sites for hydroxylation is 2. The third-order valence-corrected chi connectivity index (χ3v) is 3.57. The average Bonchev–Trinajstić information content (AvgIpc) is 3.01. The maximum Gasteiger partial charge on any atom is 0.573 e. The minimum Gasteiger partial charge on any atom is -0.405 e. The fourth-order valence-electron chi connectivity index (χ4n) is 2.40. The molecular formula is C18H25F3IN5O. The lowest BCUT2D eigenvalue weighted by Gasteiger charge is -2.14. The lowest BCUT2D eigenvalue weighted by atomic mass is 10.2. The minimum atomic E-state index is -4.73. The third-order valence-electron chi connectivity index (χ3n) is 3.57. The molecule has 2 aromatic rings. The number of aliphatic imine (C=N–C) groups is 1. The normalized spacial score (nSPS) is 11.7. The van der Waals surface area contributed by atoms with Gasteiger partial charge in [0, 0.05) is 31.4 Å². The molecule has 0 unspecified atom stereocenters. The van der Waals surface area contributed by atoms with Crippen LogP contribution in [0.3, 0.4) is 0 Å². The van der Waals surface area contributed by atoms with Crippen LogP contribution in [0.2, 0.25) is 0 Å². The molecular weight excluding hydrogens is 486 g/mol. The van der Waals surface area contributed by atoms with Crippen LogP contribution < -0.4 is 15.4 Å². The summed E-state index contributed by atoms with van der Waals surface area (Å²) in [5.74, 6) is 0.301. The summed E-state index contributed by atoms with van der Waals surface area (Å²) in [5, 5.41) is 10.5. The molecule has 2 N–H and O–H groups in total. The van der Waals surface area contributed by atoms with E-state index in [1.165, 1.54) is 12.1 Å². The van der Waals surface area contributed by atoms with E-state index in [2.05, 4.69) is 25.5 Å². The molecule has 0 aliphatic rings. The second kappa shape index (κ2) is 11.8. The zero-order valence-corrected chi connectivity index (χ0v) is 18.1. The molecule has 2 rings (SSSR count). The van der Waals surface area contributed by atoms with Crippen LogP contribution in [0, 0.1) is 6.92 Å². The molecule has 6 nitrogen and oxygen atoms in total. The first kappa shape index (κ1) is 24.1. The number of aromatic nitrogens is 2. The Morgan fingerprint density at radius 2 is 2.00 bits per heavy atom. The number of halogens is 4. The van der Waals surface area contributed by atoms with Crippen LogP contribution in [0.15, 0.2) is 41.7 Å².